The summed E-state index contributed by atoms with van der Waals surface area (Å²) in [6, 6.07) is 3.53. The van der Waals surface area contributed by atoms with E-state index in [9.17, 15) is 12.8 Å². The van der Waals surface area contributed by atoms with E-state index in [1.54, 1.807) is 6.92 Å². The van der Waals surface area contributed by atoms with Crippen LogP contribution in [0.2, 0.25) is 0 Å². The van der Waals surface area contributed by atoms with Gasteiger partial charge in [-0.15, -0.1) is 12.4 Å². The molecule has 0 atom stereocenters. The Bertz CT molecular complexity index is 451. The maximum Gasteiger partial charge on any atom is 0.240 e. The van der Waals surface area contributed by atoms with Gasteiger partial charge in [-0.05, 0) is 30.7 Å². The predicted molar refractivity (Wildman–Crippen MR) is 62.6 cm³/mol. The Balaban J connectivity index is 0.00000225. The average Bonchev–Trinajstić information content (AvgIpc) is 2.14. The SMILES string of the molecule is Cc1cc(F)ccc1S(=O)(=O)NCCN.Cl. The van der Waals surface area contributed by atoms with Crippen LogP contribution in [0, 0.1) is 12.7 Å². The van der Waals surface area contributed by atoms with Crippen molar-refractivity contribution in [2.75, 3.05) is 13.1 Å². The molecule has 0 aliphatic carbocycles. The van der Waals surface area contributed by atoms with Crippen molar-refractivity contribution in [2.45, 2.75) is 11.8 Å². The fourth-order valence-corrected chi connectivity index (χ4v) is 2.46. The fraction of sp³-hybridized carbons (Fsp3) is 0.333. The molecule has 92 valence electrons. The number of nitrogens with one attached hydrogen (secondary N) is 1. The van der Waals surface area contributed by atoms with Crippen LogP contribution >= 0.6 is 12.4 Å². The zero-order valence-corrected chi connectivity index (χ0v) is 10.4. The summed E-state index contributed by atoms with van der Waals surface area (Å²) in [4.78, 5) is 0.0809. The van der Waals surface area contributed by atoms with Crippen molar-refractivity contribution in [3.05, 3.63) is 29.6 Å². The highest BCUT2D eigenvalue weighted by Crippen LogP contribution is 2.15. The van der Waals surface area contributed by atoms with Gasteiger partial charge in [0.25, 0.3) is 0 Å². The Morgan fingerprint density at radius 3 is 2.56 bits per heavy atom. The van der Waals surface area contributed by atoms with Gasteiger partial charge in [-0.1, -0.05) is 0 Å². The molecule has 7 heteroatoms. The Kier molecular flexibility index (Phi) is 5.88. The van der Waals surface area contributed by atoms with Gasteiger partial charge in [0, 0.05) is 13.1 Å². The van der Waals surface area contributed by atoms with E-state index >= 15 is 0 Å². The summed E-state index contributed by atoms with van der Waals surface area (Å²) in [6.07, 6.45) is 0. The number of hydrogen-bond donors (Lipinski definition) is 2. The molecule has 1 aromatic rings. The quantitative estimate of drug-likeness (QED) is 0.848. The van der Waals surface area contributed by atoms with Crippen molar-refractivity contribution >= 4 is 22.4 Å². The van der Waals surface area contributed by atoms with Crippen LogP contribution in [-0.2, 0) is 10.0 Å². The maximum atomic E-state index is 12.8. The van der Waals surface area contributed by atoms with E-state index in [4.69, 9.17) is 5.73 Å². The molecule has 0 saturated carbocycles. The van der Waals surface area contributed by atoms with Gasteiger partial charge in [0.05, 0.1) is 4.90 Å². The molecule has 0 aromatic heterocycles. The topological polar surface area (TPSA) is 72.2 Å². The normalized spacial score (nSPS) is 10.9. The molecule has 0 spiro atoms. The number of rotatable bonds is 4. The Labute approximate surface area is 100 Å². The van der Waals surface area contributed by atoms with Crippen LogP contribution in [-0.4, -0.2) is 21.5 Å². The summed E-state index contributed by atoms with van der Waals surface area (Å²) in [5.41, 5.74) is 5.56. The van der Waals surface area contributed by atoms with Gasteiger partial charge in [0.2, 0.25) is 10.0 Å². The average molecular weight is 269 g/mol. The predicted octanol–water partition coefficient (Wildman–Crippen LogP) is 0.793. The van der Waals surface area contributed by atoms with Crippen molar-refractivity contribution in [1.82, 2.24) is 4.72 Å². The number of benzene rings is 1. The van der Waals surface area contributed by atoms with E-state index in [0.717, 1.165) is 6.07 Å². The molecule has 1 rings (SSSR count). The zero-order chi connectivity index (χ0) is 11.5. The third-order valence-corrected chi connectivity index (χ3v) is 3.48. The van der Waals surface area contributed by atoms with Crippen molar-refractivity contribution in [3.63, 3.8) is 0 Å². The molecule has 0 bridgehead atoms. The summed E-state index contributed by atoms with van der Waals surface area (Å²) < 4.78 is 38.3. The fourth-order valence-electron chi connectivity index (χ4n) is 1.19. The molecule has 0 heterocycles. The van der Waals surface area contributed by atoms with Crippen LogP contribution in [0.1, 0.15) is 5.56 Å². The first kappa shape index (κ1) is 15.3. The van der Waals surface area contributed by atoms with E-state index in [0.29, 0.717) is 5.56 Å². The second-order valence-electron chi connectivity index (χ2n) is 3.10. The first-order chi connectivity index (χ1) is 6.97. The molecular weight excluding hydrogens is 255 g/mol. The summed E-state index contributed by atoms with van der Waals surface area (Å²) >= 11 is 0. The maximum absolute atomic E-state index is 12.8. The lowest BCUT2D eigenvalue weighted by molar-refractivity contribution is 0.580. The molecule has 1 aromatic carbocycles. The van der Waals surface area contributed by atoms with Crippen molar-refractivity contribution < 1.29 is 12.8 Å². The smallest absolute Gasteiger partial charge is 0.240 e. The standard InChI is InChI=1S/C9H13FN2O2S.ClH/c1-7-6-8(10)2-3-9(7)15(13,14)12-5-4-11;/h2-3,6,12H,4-5,11H2,1H3;1H. The number of hydrogen-bond acceptors (Lipinski definition) is 3. The summed E-state index contributed by atoms with van der Waals surface area (Å²) in [6.45, 7) is 1.93. The molecule has 0 fully saturated rings. The van der Waals surface area contributed by atoms with E-state index in [-0.39, 0.29) is 30.4 Å². The summed E-state index contributed by atoms with van der Waals surface area (Å²) in [5, 5.41) is 0. The first-order valence-corrected chi connectivity index (χ1v) is 5.91. The molecule has 16 heavy (non-hydrogen) atoms. The van der Waals surface area contributed by atoms with Gasteiger partial charge in [-0.2, -0.15) is 0 Å². The minimum Gasteiger partial charge on any atom is -0.329 e. The second-order valence-corrected chi connectivity index (χ2v) is 4.83. The third kappa shape index (κ3) is 3.71. The van der Waals surface area contributed by atoms with Gasteiger partial charge in [-0.25, -0.2) is 17.5 Å². The highest BCUT2D eigenvalue weighted by molar-refractivity contribution is 7.89. The van der Waals surface area contributed by atoms with Crippen LogP contribution in [0.25, 0.3) is 0 Å². The number of sulfonamides is 1. The van der Waals surface area contributed by atoms with Crippen LogP contribution in [0.3, 0.4) is 0 Å². The zero-order valence-electron chi connectivity index (χ0n) is 8.73. The number of halogens is 2. The van der Waals surface area contributed by atoms with E-state index in [1.807, 2.05) is 0 Å². The third-order valence-electron chi connectivity index (χ3n) is 1.86. The van der Waals surface area contributed by atoms with Crippen LogP contribution in [0.15, 0.2) is 23.1 Å². The minimum atomic E-state index is -3.57. The summed E-state index contributed by atoms with van der Waals surface area (Å²) in [7, 11) is -3.57. The molecule has 0 unspecified atom stereocenters. The van der Waals surface area contributed by atoms with Crippen molar-refractivity contribution in [3.8, 4) is 0 Å². The first-order valence-electron chi connectivity index (χ1n) is 4.43. The van der Waals surface area contributed by atoms with Crippen molar-refractivity contribution in [1.29, 1.82) is 0 Å². The lowest BCUT2D eigenvalue weighted by atomic mass is 10.2. The highest BCUT2D eigenvalue weighted by atomic mass is 35.5. The Morgan fingerprint density at radius 1 is 1.44 bits per heavy atom. The van der Waals surface area contributed by atoms with Crippen molar-refractivity contribution in [2.24, 2.45) is 5.73 Å². The van der Waals surface area contributed by atoms with Gasteiger partial charge in [-0.3, -0.25) is 0 Å². The summed E-state index contributed by atoms with van der Waals surface area (Å²) in [5.74, 6) is -0.453. The minimum absolute atomic E-state index is 0. The van der Waals surface area contributed by atoms with Crippen LogP contribution < -0.4 is 10.5 Å². The molecule has 0 saturated heterocycles. The second kappa shape index (κ2) is 6.15. The molecule has 0 radical (unpaired) electrons. The van der Waals surface area contributed by atoms with E-state index in [2.05, 4.69) is 4.72 Å². The van der Waals surface area contributed by atoms with Gasteiger partial charge >= 0.3 is 0 Å². The lowest BCUT2D eigenvalue weighted by Crippen LogP contribution is -2.29. The number of aryl methyl sites for hydroxylation is 1. The molecule has 4 nitrogen and oxygen atoms in total. The Morgan fingerprint density at radius 2 is 2.06 bits per heavy atom. The number of nitrogens with two attached hydrogens (primary N) is 1. The largest absolute Gasteiger partial charge is 0.329 e. The van der Waals surface area contributed by atoms with Crippen LogP contribution in [0.4, 0.5) is 4.39 Å². The van der Waals surface area contributed by atoms with Crippen LogP contribution in [0.5, 0.6) is 0 Å². The molecule has 3 N–H and O–H groups in total. The lowest BCUT2D eigenvalue weighted by Gasteiger charge is -2.08. The molecule has 0 aliphatic rings. The highest BCUT2D eigenvalue weighted by Gasteiger charge is 2.15. The Hall–Kier alpha value is -0.690. The van der Waals surface area contributed by atoms with Gasteiger partial charge in [0.1, 0.15) is 5.82 Å². The molecule has 0 aliphatic heterocycles. The van der Waals surface area contributed by atoms with E-state index in [1.165, 1.54) is 12.1 Å². The molecular formula is C9H14ClFN2O2S. The van der Waals surface area contributed by atoms with Gasteiger partial charge in [0.15, 0.2) is 0 Å². The molecule has 0 amide bonds. The monoisotopic (exact) mass is 268 g/mol. The van der Waals surface area contributed by atoms with Gasteiger partial charge < -0.3 is 5.73 Å². The van der Waals surface area contributed by atoms with E-state index < -0.39 is 15.8 Å².